The Kier molecular flexibility index (Phi) is 7.18. The molecule has 5 heteroatoms. The van der Waals surface area contributed by atoms with E-state index >= 15 is 0 Å². The minimum absolute atomic E-state index is 0.183. The van der Waals surface area contributed by atoms with Crippen molar-refractivity contribution in [3.63, 3.8) is 0 Å². The Morgan fingerprint density at radius 3 is 2.58 bits per heavy atom. The third kappa shape index (κ3) is 5.35. The summed E-state index contributed by atoms with van der Waals surface area (Å²) < 4.78 is 0. The van der Waals surface area contributed by atoms with Crippen LogP contribution in [0, 0.1) is 0 Å². The van der Waals surface area contributed by atoms with Crippen LogP contribution in [-0.4, -0.2) is 48.4 Å². The molecule has 26 heavy (non-hydrogen) atoms. The Balaban J connectivity index is 1.47. The highest BCUT2D eigenvalue weighted by Gasteiger charge is 2.24. The summed E-state index contributed by atoms with van der Waals surface area (Å²) in [5.74, 6) is 0.183. The summed E-state index contributed by atoms with van der Waals surface area (Å²) in [6.07, 6.45) is 11.7. The van der Waals surface area contributed by atoms with Gasteiger partial charge in [0.15, 0.2) is 0 Å². The van der Waals surface area contributed by atoms with E-state index in [9.17, 15) is 4.79 Å². The highest BCUT2D eigenvalue weighted by molar-refractivity contribution is 6.42. The Bertz CT molecular complexity index is 693. The second kappa shape index (κ2) is 9.59. The first kappa shape index (κ1) is 19.5. The number of hydrogen-bond acceptors (Lipinski definition) is 2. The van der Waals surface area contributed by atoms with E-state index in [1.165, 1.54) is 32.4 Å². The molecule has 2 heterocycles. The Morgan fingerprint density at radius 1 is 1.00 bits per heavy atom. The average molecular weight is 393 g/mol. The van der Waals surface area contributed by atoms with Crippen molar-refractivity contribution >= 4 is 35.2 Å². The van der Waals surface area contributed by atoms with Gasteiger partial charge in [0.1, 0.15) is 0 Å². The van der Waals surface area contributed by atoms with Crippen LogP contribution < -0.4 is 0 Å². The number of benzene rings is 1. The predicted molar refractivity (Wildman–Crippen MR) is 110 cm³/mol. The molecule has 2 fully saturated rings. The quantitative estimate of drug-likeness (QED) is 0.632. The number of rotatable bonds is 6. The van der Waals surface area contributed by atoms with Crippen LogP contribution in [0.3, 0.4) is 0 Å². The lowest BCUT2D eigenvalue weighted by atomic mass is 10.1. The van der Waals surface area contributed by atoms with Gasteiger partial charge in [-0.1, -0.05) is 53.9 Å². The number of piperidine rings is 1. The van der Waals surface area contributed by atoms with E-state index in [1.54, 1.807) is 6.07 Å². The third-order valence-corrected chi connectivity index (χ3v) is 5.83. The molecule has 0 aliphatic carbocycles. The van der Waals surface area contributed by atoms with Crippen LogP contribution in [0.5, 0.6) is 0 Å². The van der Waals surface area contributed by atoms with Crippen LogP contribution in [0.4, 0.5) is 0 Å². The van der Waals surface area contributed by atoms with Crippen LogP contribution in [0.2, 0.25) is 10.0 Å². The van der Waals surface area contributed by atoms with Crippen molar-refractivity contribution < 1.29 is 4.79 Å². The molecule has 1 aromatic rings. The molecular formula is C21H26Cl2N2O. The highest BCUT2D eigenvalue weighted by atomic mass is 35.5. The summed E-state index contributed by atoms with van der Waals surface area (Å²) in [6, 6.07) is 5.51. The van der Waals surface area contributed by atoms with Gasteiger partial charge in [0.2, 0.25) is 5.91 Å². The van der Waals surface area contributed by atoms with Gasteiger partial charge < -0.3 is 9.80 Å². The maximum absolute atomic E-state index is 12.5. The van der Waals surface area contributed by atoms with E-state index in [0.29, 0.717) is 10.0 Å². The summed E-state index contributed by atoms with van der Waals surface area (Å²) in [4.78, 5) is 17.0. The summed E-state index contributed by atoms with van der Waals surface area (Å²) in [7, 11) is 0. The first-order valence-electron chi connectivity index (χ1n) is 9.47. The fourth-order valence-electron chi connectivity index (χ4n) is 3.59. The van der Waals surface area contributed by atoms with Gasteiger partial charge in [-0.2, -0.15) is 0 Å². The number of nitrogens with zero attached hydrogens (tertiary/aromatic N) is 2. The predicted octanol–water partition coefficient (Wildman–Crippen LogP) is 5.04. The molecule has 0 aromatic heterocycles. The van der Waals surface area contributed by atoms with Crippen molar-refractivity contribution in [1.82, 2.24) is 9.80 Å². The smallest absolute Gasteiger partial charge is 0.249 e. The number of hydrogen-bond donors (Lipinski definition) is 0. The maximum Gasteiger partial charge on any atom is 0.249 e. The summed E-state index contributed by atoms with van der Waals surface area (Å²) >= 11 is 11.9. The van der Waals surface area contributed by atoms with Crippen LogP contribution in [-0.2, 0) is 4.79 Å². The number of halogens is 2. The van der Waals surface area contributed by atoms with E-state index in [-0.39, 0.29) is 5.91 Å². The Hall–Kier alpha value is -1.29. The zero-order valence-corrected chi connectivity index (χ0v) is 16.6. The number of carbonyl (C=O) groups is 1. The van der Waals surface area contributed by atoms with Crippen molar-refractivity contribution in [3.05, 3.63) is 51.5 Å². The van der Waals surface area contributed by atoms with Gasteiger partial charge in [0.25, 0.3) is 0 Å². The first-order chi connectivity index (χ1) is 12.6. The number of carbonyl (C=O) groups excluding carboxylic acids is 1. The minimum Gasteiger partial charge on any atom is -0.339 e. The zero-order chi connectivity index (χ0) is 18.4. The summed E-state index contributed by atoms with van der Waals surface area (Å²) in [6.45, 7) is 5.26. The number of allylic oxidation sites excluding steroid dienone is 2. The van der Waals surface area contributed by atoms with Gasteiger partial charge >= 0.3 is 0 Å². The third-order valence-electron chi connectivity index (χ3n) is 5.09. The summed E-state index contributed by atoms with van der Waals surface area (Å²) in [5, 5.41) is 1.09. The fourth-order valence-corrected chi connectivity index (χ4v) is 3.90. The fraction of sp³-hybridized carbons (Fsp3) is 0.476. The van der Waals surface area contributed by atoms with Crippen LogP contribution >= 0.6 is 23.2 Å². The van der Waals surface area contributed by atoms with E-state index in [2.05, 4.69) is 4.90 Å². The molecule has 0 saturated carbocycles. The molecule has 0 atom stereocenters. The Morgan fingerprint density at radius 2 is 1.81 bits per heavy atom. The zero-order valence-electron chi connectivity index (χ0n) is 15.1. The molecule has 1 aromatic carbocycles. The van der Waals surface area contributed by atoms with E-state index < -0.39 is 0 Å². The minimum atomic E-state index is 0.183. The van der Waals surface area contributed by atoms with Gasteiger partial charge in [0.05, 0.1) is 10.0 Å². The van der Waals surface area contributed by atoms with E-state index in [1.807, 2.05) is 35.3 Å². The molecule has 0 spiro atoms. The second-order valence-electron chi connectivity index (χ2n) is 7.02. The first-order valence-corrected chi connectivity index (χ1v) is 10.2. The molecule has 2 aliphatic rings. The van der Waals surface area contributed by atoms with Gasteiger partial charge in [-0.15, -0.1) is 0 Å². The van der Waals surface area contributed by atoms with Crippen molar-refractivity contribution in [2.24, 2.45) is 0 Å². The van der Waals surface area contributed by atoms with Crippen LogP contribution in [0.25, 0.3) is 6.08 Å². The monoisotopic (exact) mass is 392 g/mol. The largest absolute Gasteiger partial charge is 0.339 e. The summed E-state index contributed by atoms with van der Waals surface area (Å²) in [5.41, 5.74) is 1.86. The molecule has 140 valence electrons. The average Bonchev–Trinajstić information content (AvgIpc) is 2.99. The molecule has 0 radical (unpaired) electrons. The molecule has 2 saturated heterocycles. The molecule has 3 rings (SSSR count). The lowest BCUT2D eigenvalue weighted by Gasteiger charge is -2.27. The molecule has 0 N–H and O–H groups in total. The maximum atomic E-state index is 12.5. The Labute approximate surface area is 166 Å². The highest BCUT2D eigenvalue weighted by Crippen LogP contribution is 2.23. The van der Waals surface area contributed by atoms with Crippen molar-refractivity contribution in [2.75, 3.05) is 32.7 Å². The number of amides is 1. The van der Waals surface area contributed by atoms with Gasteiger partial charge in [0, 0.05) is 18.7 Å². The molecule has 0 bridgehead atoms. The molecule has 2 aliphatic heterocycles. The molecule has 3 nitrogen and oxygen atoms in total. The van der Waals surface area contributed by atoms with Crippen molar-refractivity contribution in [2.45, 2.75) is 32.1 Å². The normalized spacial score (nSPS) is 20.6. The van der Waals surface area contributed by atoms with E-state index in [4.69, 9.17) is 23.2 Å². The van der Waals surface area contributed by atoms with Crippen molar-refractivity contribution in [3.8, 4) is 0 Å². The van der Waals surface area contributed by atoms with Crippen LogP contribution in [0.1, 0.15) is 37.7 Å². The van der Waals surface area contributed by atoms with Crippen LogP contribution in [0.15, 0.2) is 35.9 Å². The topological polar surface area (TPSA) is 23.6 Å². The molecule has 0 unspecified atom stereocenters. The lowest BCUT2D eigenvalue weighted by molar-refractivity contribution is -0.124. The lowest BCUT2D eigenvalue weighted by Crippen LogP contribution is -2.33. The standard InChI is InChI=1S/C21H26Cl2N2O/c22-19-9-8-17(16-20(19)23)6-4-7-18-10-15-25(21(18)26)14-5-13-24-11-2-1-3-12-24/h4,6-9,16H,1-3,5,10-15H2/b6-4+,18-7+. The van der Waals surface area contributed by atoms with Crippen molar-refractivity contribution in [1.29, 1.82) is 0 Å². The van der Waals surface area contributed by atoms with E-state index in [0.717, 1.165) is 43.6 Å². The van der Waals surface area contributed by atoms with Gasteiger partial charge in [-0.05, 0) is 63.0 Å². The SMILES string of the molecule is O=C1/C(=C/C=C/c2ccc(Cl)c(Cl)c2)CCN1CCCN1CCCCC1. The second-order valence-corrected chi connectivity index (χ2v) is 7.84. The molecular weight excluding hydrogens is 367 g/mol. The van der Waals surface area contributed by atoms with Gasteiger partial charge in [-0.25, -0.2) is 0 Å². The molecule has 1 amide bonds. The number of likely N-dealkylation sites (tertiary alicyclic amines) is 2. The van der Waals surface area contributed by atoms with Gasteiger partial charge in [-0.3, -0.25) is 4.79 Å².